The lowest BCUT2D eigenvalue weighted by atomic mass is 9.85. The van der Waals surface area contributed by atoms with Crippen LogP contribution in [-0.4, -0.2) is 43.7 Å². The fourth-order valence-corrected chi connectivity index (χ4v) is 4.08. The van der Waals surface area contributed by atoms with Crippen LogP contribution >= 0.6 is 0 Å². The van der Waals surface area contributed by atoms with Crippen LogP contribution in [0.3, 0.4) is 0 Å². The molecule has 3 atom stereocenters. The number of carboxylic acids is 1. The summed E-state index contributed by atoms with van der Waals surface area (Å²) in [6.07, 6.45) is 4.79. The predicted molar refractivity (Wildman–Crippen MR) is 80.3 cm³/mol. The maximum absolute atomic E-state index is 12.7. The normalized spacial score (nSPS) is 27.7. The first-order valence-electron chi connectivity index (χ1n) is 8.02. The van der Waals surface area contributed by atoms with E-state index in [1.165, 1.54) is 0 Å². The minimum Gasteiger partial charge on any atom is -0.480 e. The number of aryl methyl sites for hydroxylation is 2. The molecule has 1 aromatic rings. The molecule has 1 amide bonds. The summed E-state index contributed by atoms with van der Waals surface area (Å²) in [5.74, 6) is -0.650. The molecule has 0 spiro atoms. The topological polar surface area (TPSA) is 75.4 Å². The highest BCUT2D eigenvalue weighted by Gasteiger charge is 2.47. The van der Waals surface area contributed by atoms with Crippen molar-refractivity contribution in [3.05, 3.63) is 17.5 Å². The third kappa shape index (κ3) is 2.62. The first-order valence-corrected chi connectivity index (χ1v) is 8.02. The van der Waals surface area contributed by atoms with E-state index >= 15 is 0 Å². The number of likely N-dealkylation sites (tertiary alicyclic amines) is 1. The third-order valence-corrected chi connectivity index (χ3v) is 5.05. The highest BCUT2D eigenvalue weighted by molar-refractivity contribution is 5.84. The van der Waals surface area contributed by atoms with Crippen LogP contribution in [0.15, 0.2) is 6.07 Å². The number of carbonyl (C=O) groups excluding carboxylic acids is 1. The van der Waals surface area contributed by atoms with Gasteiger partial charge in [0.25, 0.3) is 0 Å². The largest absolute Gasteiger partial charge is 0.480 e. The van der Waals surface area contributed by atoms with Gasteiger partial charge in [0.1, 0.15) is 12.6 Å². The van der Waals surface area contributed by atoms with Crippen LogP contribution in [0, 0.1) is 19.8 Å². The first kappa shape index (κ1) is 15.1. The highest BCUT2D eigenvalue weighted by atomic mass is 16.4. The van der Waals surface area contributed by atoms with E-state index in [9.17, 15) is 14.7 Å². The van der Waals surface area contributed by atoms with Crippen molar-refractivity contribution in [2.45, 2.75) is 64.6 Å². The molecule has 0 aromatic carbocycles. The Labute approximate surface area is 130 Å². The Morgan fingerprint density at radius 2 is 2.05 bits per heavy atom. The Bertz CT molecular complexity index is 595. The average molecular weight is 305 g/mol. The molecule has 22 heavy (non-hydrogen) atoms. The summed E-state index contributed by atoms with van der Waals surface area (Å²) in [5, 5.41) is 13.8. The number of carbonyl (C=O) groups is 2. The van der Waals surface area contributed by atoms with Gasteiger partial charge >= 0.3 is 5.97 Å². The molecular weight excluding hydrogens is 282 g/mol. The molecule has 0 bridgehead atoms. The summed E-state index contributed by atoms with van der Waals surface area (Å²) >= 11 is 0. The van der Waals surface area contributed by atoms with E-state index in [-0.39, 0.29) is 18.5 Å². The van der Waals surface area contributed by atoms with Gasteiger partial charge in [-0.15, -0.1) is 0 Å². The van der Waals surface area contributed by atoms with Crippen molar-refractivity contribution in [2.75, 3.05) is 0 Å². The molecule has 6 nitrogen and oxygen atoms in total. The van der Waals surface area contributed by atoms with Gasteiger partial charge in [0, 0.05) is 11.7 Å². The second-order valence-corrected chi connectivity index (χ2v) is 6.59. The van der Waals surface area contributed by atoms with E-state index in [1.807, 2.05) is 19.9 Å². The lowest BCUT2D eigenvalue weighted by Gasteiger charge is -2.33. The number of fused-ring (bicyclic) bond motifs is 1. The molecule has 120 valence electrons. The summed E-state index contributed by atoms with van der Waals surface area (Å²) in [7, 11) is 0. The predicted octanol–water partition coefficient (Wildman–Crippen LogP) is 1.74. The molecule has 1 aromatic heterocycles. The lowest BCUT2D eigenvalue weighted by Crippen LogP contribution is -2.47. The van der Waals surface area contributed by atoms with Gasteiger partial charge in [-0.3, -0.25) is 9.48 Å². The van der Waals surface area contributed by atoms with Crippen molar-refractivity contribution < 1.29 is 14.7 Å². The van der Waals surface area contributed by atoms with Gasteiger partial charge in [-0.1, -0.05) is 12.8 Å². The quantitative estimate of drug-likeness (QED) is 0.923. The molecule has 0 unspecified atom stereocenters. The number of aromatic nitrogens is 2. The van der Waals surface area contributed by atoms with Crippen LogP contribution in [0.25, 0.3) is 0 Å². The number of rotatable bonds is 3. The number of carboxylic acid groups (broad SMARTS) is 1. The van der Waals surface area contributed by atoms with Crippen molar-refractivity contribution in [3.8, 4) is 0 Å². The van der Waals surface area contributed by atoms with Gasteiger partial charge in [-0.05, 0) is 45.1 Å². The Kier molecular flexibility index (Phi) is 3.93. The lowest BCUT2D eigenvalue weighted by molar-refractivity contribution is -0.150. The maximum atomic E-state index is 12.7. The van der Waals surface area contributed by atoms with E-state index in [0.717, 1.165) is 37.1 Å². The molecule has 2 heterocycles. The molecule has 6 heteroatoms. The van der Waals surface area contributed by atoms with Gasteiger partial charge in [0.05, 0.1) is 5.69 Å². The van der Waals surface area contributed by atoms with Crippen molar-refractivity contribution >= 4 is 11.9 Å². The van der Waals surface area contributed by atoms with Crippen LogP contribution < -0.4 is 0 Å². The van der Waals surface area contributed by atoms with E-state index in [4.69, 9.17) is 0 Å². The maximum Gasteiger partial charge on any atom is 0.326 e. The van der Waals surface area contributed by atoms with Crippen LogP contribution in [0.2, 0.25) is 0 Å². The number of nitrogens with zero attached hydrogens (tertiary/aromatic N) is 3. The zero-order valence-electron chi connectivity index (χ0n) is 13.2. The number of hydrogen-bond donors (Lipinski definition) is 1. The van der Waals surface area contributed by atoms with Crippen LogP contribution in [-0.2, 0) is 16.1 Å². The smallest absolute Gasteiger partial charge is 0.326 e. The van der Waals surface area contributed by atoms with Gasteiger partial charge < -0.3 is 10.0 Å². The van der Waals surface area contributed by atoms with E-state index in [1.54, 1.807) is 9.58 Å². The fraction of sp³-hybridized carbons (Fsp3) is 0.688. The zero-order valence-corrected chi connectivity index (χ0v) is 13.2. The molecule has 1 N–H and O–H groups in total. The summed E-state index contributed by atoms with van der Waals surface area (Å²) in [4.78, 5) is 26.0. The van der Waals surface area contributed by atoms with Crippen LogP contribution in [0.5, 0.6) is 0 Å². The number of aliphatic carboxylic acids is 1. The molecule has 0 radical (unpaired) electrons. The van der Waals surface area contributed by atoms with Gasteiger partial charge in [0.2, 0.25) is 5.91 Å². The SMILES string of the molecule is Cc1cc(C)n(CC(=O)N2[C@@H]3CCCC[C@H]3C[C@H]2C(=O)O)n1. The second-order valence-electron chi connectivity index (χ2n) is 6.59. The molecule has 2 fully saturated rings. The van der Waals surface area contributed by atoms with Crippen molar-refractivity contribution in [1.82, 2.24) is 14.7 Å². The van der Waals surface area contributed by atoms with E-state index < -0.39 is 12.0 Å². The first-order chi connectivity index (χ1) is 10.5. The molecule has 1 aliphatic heterocycles. The number of amides is 1. The molecule has 1 aliphatic carbocycles. The molecule has 1 saturated carbocycles. The third-order valence-electron chi connectivity index (χ3n) is 5.05. The van der Waals surface area contributed by atoms with E-state index in [2.05, 4.69) is 5.10 Å². The summed E-state index contributed by atoms with van der Waals surface area (Å²) in [6, 6.07) is 1.35. The Balaban J connectivity index is 1.81. The van der Waals surface area contributed by atoms with Crippen molar-refractivity contribution in [1.29, 1.82) is 0 Å². The van der Waals surface area contributed by atoms with Crippen LogP contribution in [0.1, 0.15) is 43.5 Å². The fourth-order valence-electron chi connectivity index (χ4n) is 4.08. The molecule has 3 rings (SSSR count). The monoisotopic (exact) mass is 305 g/mol. The Morgan fingerprint density at radius 1 is 1.32 bits per heavy atom. The van der Waals surface area contributed by atoms with E-state index in [0.29, 0.717) is 12.3 Å². The molecular formula is C16H23N3O3. The van der Waals surface area contributed by atoms with Gasteiger partial charge in [-0.25, -0.2) is 4.79 Å². The Hall–Kier alpha value is -1.85. The van der Waals surface area contributed by atoms with Gasteiger partial charge in [0.15, 0.2) is 0 Å². The van der Waals surface area contributed by atoms with Gasteiger partial charge in [-0.2, -0.15) is 5.10 Å². The Morgan fingerprint density at radius 3 is 2.68 bits per heavy atom. The van der Waals surface area contributed by atoms with Crippen molar-refractivity contribution in [3.63, 3.8) is 0 Å². The zero-order chi connectivity index (χ0) is 15.9. The summed E-state index contributed by atoms with van der Waals surface area (Å²) in [5.41, 5.74) is 1.80. The van der Waals surface area contributed by atoms with Crippen molar-refractivity contribution in [2.24, 2.45) is 5.92 Å². The molecule has 1 saturated heterocycles. The van der Waals surface area contributed by atoms with Crippen LogP contribution in [0.4, 0.5) is 0 Å². The minimum atomic E-state index is -0.879. The second kappa shape index (κ2) is 5.74. The molecule has 2 aliphatic rings. The summed E-state index contributed by atoms with van der Waals surface area (Å²) < 4.78 is 1.67. The summed E-state index contributed by atoms with van der Waals surface area (Å²) in [6.45, 7) is 3.93. The minimum absolute atomic E-state index is 0.0966. The highest BCUT2D eigenvalue weighted by Crippen LogP contribution is 2.39. The average Bonchev–Trinajstić information content (AvgIpc) is 2.99. The standard InChI is InChI=1S/C16H23N3O3/c1-10-7-11(2)18(17-10)9-15(20)19-13-6-4-3-5-12(13)8-14(19)16(21)22/h7,12-14H,3-6,8-9H2,1-2H3,(H,21,22)/t12-,13+,14-/m0/s1. The number of hydrogen-bond acceptors (Lipinski definition) is 3.